The molecule has 9 heteroatoms. The van der Waals surface area contributed by atoms with Gasteiger partial charge in [-0.1, -0.05) is 50.1 Å². The number of nitrogens with one attached hydrogen (secondary N) is 1. The van der Waals surface area contributed by atoms with Crippen LogP contribution in [-0.4, -0.2) is 48.2 Å². The average molecular weight is 617 g/mol. The van der Waals surface area contributed by atoms with E-state index in [1.165, 1.54) is 10.6 Å². The summed E-state index contributed by atoms with van der Waals surface area (Å²) >= 11 is 1.66. The van der Waals surface area contributed by atoms with E-state index in [1.807, 2.05) is 70.0 Å². The number of unbranched alkanes of at least 4 members (excludes halogenated alkanes) is 1. The molecule has 1 aliphatic heterocycles. The fraction of sp³-hybridized carbons (Fsp3) is 0.400. The van der Waals surface area contributed by atoms with Crippen molar-refractivity contribution in [2.24, 2.45) is 11.0 Å². The van der Waals surface area contributed by atoms with Crippen LogP contribution in [0.2, 0.25) is 0 Å². The summed E-state index contributed by atoms with van der Waals surface area (Å²) in [5.41, 5.74) is 4.44. The molecule has 0 saturated carbocycles. The normalized spacial score (nSPS) is 15.2. The number of carbonyl (C=O) groups is 2. The van der Waals surface area contributed by atoms with Crippen LogP contribution in [0.15, 0.2) is 70.7 Å². The summed E-state index contributed by atoms with van der Waals surface area (Å²) in [6, 6.07) is 19.3. The van der Waals surface area contributed by atoms with Gasteiger partial charge in [-0.3, -0.25) is 9.59 Å². The summed E-state index contributed by atoms with van der Waals surface area (Å²) in [6.45, 7) is 12.7. The third kappa shape index (κ3) is 8.14. The Morgan fingerprint density at radius 1 is 1.05 bits per heavy atom. The predicted molar refractivity (Wildman–Crippen MR) is 180 cm³/mol. The van der Waals surface area contributed by atoms with E-state index in [9.17, 15) is 9.59 Å². The maximum atomic E-state index is 13.3. The van der Waals surface area contributed by atoms with Gasteiger partial charge in [-0.05, 0) is 88.1 Å². The standard InChI is InChI=1S/C35H44N4O4S/c1-8-10-18-42-31-17-15-24(4)20-32(31)44-22-38(7)33-26(6)35(41)39(37-33)28-13-11-12-27(21-28)36-34(40)29(9-2)43-30-16-14-23(3)19-25(30)5/h11-17,19-21,26,29H,8-10,18,22H2,1-7H3,(H,36,40). The molecule has 8 nitrogen and oxygen atoms in total. The number of aryl methyl sites for hydroxylation is 3. The molecular formula is C35H44N4O4S. The van der Waals surface area contributed by atoms with E-state index in [1.54, 1.807) is 30.0 Å². The van der Waals surface area contributed by atoms with Crippen molar-refractivity contribution in [3.63, 3.8) is 0 Å². The smallest absolute Gasteiger partial charge is 0.265 e. The molecule has 2 unspecified atom stereocenters. The van der Waals surface area contributed by atoms with E-state index in [4.69, 9.17) is 14.6 Å². The number of amidine groups is 1. The first-order valence-corrected chi connectivity index (χ1v) is 16.2. The minimum Gasteiger partial charge on any atom is -0.492 e. The van der Waals surface area contributed by atoms with Crippen molar-refractivity contribution in [3.05, 3.63) is 77.4 Å². The topological polar surface area (TPSA) is 83.5 Å². The monoisotopic (exact) mass is 616 g/mol. The lowest BCUT2D eigenvalue weighted by atomic mass is 10.1. The zero-order valence-corrected chi connectivity index (χ0v) is 27.7. The van der Waals surface area contributed by atoms with E-state index in [0.717, 1.165) is 34.6 Å². The average Bonchev–Trinajstić information content (AvgIpc) is 3.30. The number of nitrogens with zero attached hydrogens (tertiary/aromatic N) is 3. The molecular weight excluding hydrogens is 572 g/mol. The third-order valence-electron chi connectivity index (χ3n) is 7.45. The summed E-state index contributed by atoms with van der Waals surface area (Å²) in [5.74, 6) is 2.08. The fourth-order valence-electron chi connectivity index (χ4n) is 4.88. The molecule has 0 bridgehead atoms. The van der Waals surface area contributed by atoms with Gasteiger partial charge in [0.05, 0.1) is 29.0 Å². The first-order valence-electron chi connectivity index (χ1n) is 15.3. The highest BCUT2D eigenvalue weighted by atomic mass is 32.2. The number of ether oxygens (including phenoxy) is 2. The minimum atomic E-state index is -0.657. The lowest BCUT2D eigenvalue weighted by Crippen LogP contribution is -2.33. The molecule has 3 aromatic rings. The zero-order valence-electron chi connectivity index (χ0n) is 26.8. The number of hydrogen-bond donors (Lipinski definition) is 1. The second-order valence-corrected chi connectivity index (χ2v) is 12.3. The second-order valence-electron chi connectivity index (χ2n) is 11.3. The third-order valence-corrected chi connectivity index (χ3v) is 8.60. The Kier molecular flexibility index (Phi) is 11.3. The molecule has 4 rings (SSSR count). The van der Waals surface area contributed by atoms with Gasteiger partial charge in [0.15, 0.2) is 6.10 Å². The van der Waals surface area contributed by atoms with Crippen molar-refractivity contribution < 1.29 is 19.1 Å². The van der Waals surface area contributed by atoms with Crippen molar-refractivity contribution in [3.8, 4) is 11.5 Å². The van der Waals surface area contributed by atoms with Gasteiger partial charge in [0, 0.05) is 12.7 Å². The number of hydrogen-bond acceptors (Lipinski definition) is 7. The van der Waals surface area contributed by atoms with Gasteiger partial charge in [0.2, 0.25) is 0 Å². The Labute approximate surface area is 265 Å². The molecule has 2 amide bonds. The van der Waals surface area contributed by atoms with Crippen LogP contribution in [0.3, 0.4) is 0 Å². The summed E-state index contributed by atoms with van der Waals surface area (Å²) in [4.78, 5) is 29.6. The Morgan fingerprint density at radius 3 is 2.48 bits per heavy atom. The summed E-state index contributed by atoms with van der Waals surface area (Å²) in [6.07, 6.45) is 1.94. The summed E-state index contributed by atoms with van der Waals surface area (Å²) in [5, 5.41) is 9.10. The molecule has 0 spiro atoms. The molecule has 0 aromatic heterocycles. The van der Waals surface area contributed by atoms with Crippen molar-refractivity contribution in [1.82, 2.24) is 4.90 Å². The maximum Gasteiger partial charge on any atom is 0.265 e. The van der Waals surface area contributed by atoms with Crippen LogP contribution in [0.1, 0.15) is 56.7 Å². The number of benzene rings is 3. The molecule has 3 aromatic carbocycles. The molecule has 0 saturated heterocycles. The van der Waals surface area contributed by atoms with E-state index in [2.05, 4.69) is 31.3 Å². The highest BCUT2D eigenvalue weighted by Crippen LogP contribution is 2.33. The number of rotatable bonds is 13. The first kappa shape index (κ1) is 32.9. The first-order chi connectivity index (χ1) is 21.1. The number of anilines is 2. The lowest BCUT2D eigenvalue weighted by molar-refractivity contribution is -0.123. The van der Waals surface area contributed by atoms with Gasteiger partial charge in [-0.25, -0.2) is 0 Å². The van der Waals surface area contributed by atoms with Crippen molar-refractivity contribution >= 4 is 40.8 Å². The fourth-order valence-corrected chi connectivity index (χ4v) is 5.88. The highest BCUT2D eigenvalue weighted by molar-refractivity contribution is 7.99. The van der Waals surface area contributed by atoms with Gasteiger partial charge >= 0.3 is 0 Å². The Hall–Kier alpha value is -3.98. The van der Waals surface area contributed by atoms with Gasteiger partial charge in [-0.2, -0.15) is 10.1 Å². The Balaban J connectivity index is 1.43. The van der Waals surface area contributed by atoms with Crippen LogP contribution < -0.4 is 19.8 Å². The number of amides is 2. The van der Waals surface area contributed by atoms with Crippen LogP contribution >= 0.6 is 11.8 Å². The van der Waals surface area contributed by atoms with E-state index >= 15 is 0 Å². The molecule has 0 aliphatic carbocycles. The van der Waals surface area contributed by atoms with Gasteiger partial charge in [0.25, 0.3) is 11.8 Å². The van der Waals surface area contributed by atoms with Gasteiger partial charge in [-0.15, -0.1) is 11.8 Å². The van der Waals surface area contributed by atoms with Crippen molar-refractivity contribution in [2.45, 2.75) is 71.8 Å². The molecule has 44 heavy (non-hydrogen) atoms. The van der Waals surface area contributed by atoms with E-state index in [-0.39, 0.29) is 11.8 Å². The SMILES string of the molecule is CCCCOc1ccc(C)cc1SCN(C)C1=NN(c2cccc(NC(=O)C(CC)Oc3ccc(C)cc3C)c2)C(=O)C1C. The minimum absolute atomic E-state index is 0.121. The van der Waals surface area contributed by atoms with Crippen molar-refractivity contribution in [1.29, 1.82) is 0 Å². The lowest BCUT2D eigenvalue weighted by Gasteiger charge is -2.20. The molecule has 234 valence electrons. The van der Waals surface area contributed by atoms with Crippen LogP contribution in [-0.2, 0) is 9.59 Å². The Morgan fingerprint density at radius 2 is 1.77 bits per heavy atom. The predicted octanol–water partition coefficient (Wildman–Crippen LogP) is 7.56. The molecule has 2 atom stereocenters. The zero-order chi connectivity index (χ0) is 31.8. The van der Waals surface area contributed by atoms with Crippen LogP contribution in [0.5, 0.6) is 11.5 Å². The number of thioether (sulfide) groups is 1. The highest BCUT2D eigenvalue weighted by Gasteiger charge is 2.35. The molecule has 1 aliphatic rings. The van der Waals surface area contributed by atoms with Gasteiger partial charge < -0.3 is 19.7 Å². The molecule has 1 heterocycles. The summed E-state index contributed by atoms with van der Waals surface area (Å²) in [7, 11) is 1.95. The van der Waals surface area contributed by atoms with Crippen LogP contribution in [0.4, 0.5) is 11.4 Å². The molecule has 0 radical (unpaired) electrons. The van der Waals surface area contributed by atoms with Crippen LogP contribution in [0.25, 0.3) is 0 Å². The summed E-state index contributed by atoms with van der Waals surface area (Å²) < 4.78 is 12.1. The van der Waals surface area contributed by atoms with Crippen LogP contribution in [0, 0.1) is 26.7 Å². The number of carbonyl (C=O) groups excluding carboxylic acids is 2. The number of hydrazone groups is 1. The largest absolute Gasteiger partial charge is 0.492 e. The van der Waals surface area contributed by atoms with Gasteiger partial charge in [0.1, 0.15) is 17.3 Å². The quantitative estimate of drug-likeness (QED) is 0.121. The van der Waals surface area contributed by atoms with E-state index in [0.29, 0.717) is 41.9 Å². The van der Waals surface area contributed by atoms with Crippen molar-refractivity contribution in [2.75, 3.05) is 29.9 Å². The molecule has 0 fully saturated rings. The Bertz CT molecular complexity index is 1510. The molecule has 1 N–H and O–H groups in total. The maximum absolute atomic E-state index is 13.3. The van der Waals surface area contributed by atoms with E-state index < -0.39 is 12.0 Å². The second kappa shape index (κ2) is 15.1.